The number of phenols is 2. The fourth-order valence-electron chi connectivity index (χ4n) is 4.74. The lowest BCUT2D eigenvalue weighted by Crippen LogP contribution is -2.62. The number of allylic oxidation sites excluding steroid dienone is 1. The Labute approximate surface area is 190 Å². The Morgan fingerprint density at radius 1 is 1.09 bits per heavy atom. The van der Waals surface area contributed by atoms with Crippen molar-refractivity contribution in [2.45, 2.75) is 63.6 Å². The van der Waals surface area contributed by atoms with Crippen LogP contribution in [0, 0.1) is 0 Å². The van der Waals surface area contributed by atoms with E-state index in [0.717, 1.165) is 5.57 Å². The number of hydrogen-bond acceptors (Lipinski definition) is 8. The van der Waals surface area contributed by atoms with Gasteiger partial charge in [0.25, 0.3) is 0 Å². The van der Waals surface area contributed by atoms with E-state index >= 15 is 0 Å². The molecule has 3 aliphatic rings. The zero-order chi connectivity index (χ0) is 23.9. The maximum atomic E-state index is 13.7. The normalized spacial score (nSPS) is 28.3. The molecule has 3 aliphatic heterocycles. The number of ether oxygens (including phenoxy) is 3. The van der Waals surface area contributed by atoms with Crippen LogP contribution in [0.4, 0.5) is 0 Å². The predicted molar refractivity (Wildman–Crippen MR) is 117 cm³/mol. The number of Topliss-reactive ketones (excluding diaryl/α,β-unsaturated/α-hetero) is 1. The van der Waals surface area contributed by atoms with Gasteiger partial charge in [-0.05, 0) is 39.8 Å². The topological polar surface area (TPSA) is 126 Å². The minimum atomic E-state index is -2.48. The minimum absolute atomic E-state index is 0.0415. The number of hydrogen-bond donors (Lipinski definition) is 4. The number of aromatic hydroxyl groups is 2. The molecular formula is C25H26O8. The Bertz CT molecular complexity index is 1230. The number of phenolic OH excluding ortho intramolecular Hbond substituents is 2. The summed E-state index contributed by atoms with van der Waals surface area (Å²) in [6.07, 6.45) is 1.06. The van der Waals surface area contributed by atoms with E-state index in [1.54, 1.807) is 19.9 Å². The van der Waals surface area contributed by atoms with Crippen molar-refractivity contribution in [3.05, 3.63) is 52.6 Å². The van der Waals surface area contributed by atoms with Crippen LogP contribution < -0.4 is 14.2 Å². The molecule has 0 aliphatic carbocycles. The molecule has 2 aromatic carbocycles. The average molecular weight is 454 g/mol. The number of rotatable bonds is 2. The summed E-state index contributed by atoms with van der Waals surface area (Å²) in [5.41, 5.74) is -1.21. The van der Waals surface area contributed by atoms with E-state index in [1.807, 2.05) is 19.9 Å². The molecule has 0 unspecified atom stereocenters. The maximum Gasteiger partial charge on any atom is 0.318 e. The lowest BCUT2D eigenvalue weighted by atomic mass is 9.76. The quantitative estimate of drug-likeness (QED) is 0.510. The molecule has 2 aromatic rings. The zero-order valence-corrected chi connectivity index (χ0v) is 18.8. The second kappa shape index (κ2) is 6.65. The van der Waals surface area contributed by atoms with E-state index in [0.29, 0.717) is 11.3 Å². The van der Waals surface area contributed by atoms with Crippen LogP contribution in [0.3, 0.4) is 0 Å². The summed E-state index contributed by atoms with van der Waals surface area (Å²) < 4.78 is 18.0. The van der Waals surface area contributed by atoms with Gasteiger partial charge in [0.05, 0.1) is 6.10 Å². The number of aliphatic hydroxyl groups excluding tert-OH is 1. The molecule has 3 atom stereocenters. The third-order valence-electron chi connectivity index (χ3n) is 6.72. The highest BCUT2D eigenvalue weighted by Gasteiger charge is 2.69. The largest absolute Gasteiger partial charge is 0.508 e. The van der Waals surface area contributed by atoms with Crippen LogP contribution in [0.25, 0.3) is 0 Å². The first-order valence-corrected chi connectivity index (χ1v) is 10.8. The van der Waals surface area contributed by atoms with Crippen molar-refractivity contribution in [2.24, 2.45) is 0 Å². The maximum absolute atomic E-state index is 13.7. The summed E-state index contributed by atoms with van der Waals surface area (Å²) in [5.74, 6) is -3.43. The lowest BCUT2D eigenvalue weighted by Gasteiger charge is -2.44. The van der Waals surface area contributed by atoms with Crippen LogP contribution in [0.2, 0.25) is 0 Å². The molecule has 0 bridgehead atoms. The van der Waals surface area contributed by atoms with Crippen molar-refractivity contribution in [1.29, 1.82) is 0 Å². The summed E-state index contributed by atoms with van der Waals surface area (Å²) in [6.45, 7) is 7.22. The number of ketones is 1. The average Bonchev–Trinajstić information content (AvgIpc) is 2.96. The monoisotopic (exact) mass is 454 g/mol. The van der Waals surface area contributed by atoms with Crippen LogP contribution in [-0.2, 0) is 12.0 Å². The van der Waals surface area contributed by atoms with E-state index in [1.165, 1.54) is 18.2 Å². The first-order chi connectivity index (χ1) is 15.4. The van der Waals surface area contributed by atoms with Crippen molar-refractivity contribution in [2.75, 3.05) is 0 Å². The molecule has 8 heteroatoms. The van der Waals surface area contributed by atoms with Gasteiger partial charge in [0.2, 0.25) is 11.4 Å². The summed E-state index contributed by atoms with van der Waals surface area (Å²) in [7, 11) is 0. The molecule has 8 nitrogen and oxygen atoms in total. The van der Waals surface area contributed by atoms with E-state index in [2.05, 4.69) is 0 Å². The third-order valence-corrected chi connectivity index (χ3v) is 6.72. The molecule has 0 spiro atoms. The fourth-order valence-corrected chi connectivity index (χ4v) is 4.74. The van der Waals surface area contributed by atoms with Gasteiger partial charge in [-0.3, -0.25) is 4.79 Å². The molecular weight excluding hydrogens is 428 g/mol. The van der Waals surface area contributed by atoms with Crippen molar-refractivity contribution in [3.8, 4) is 28.7 Å². The summed E-state index contributed by atoms with van der Waals surface area (Å²) in [5, 5.41) is 43.1. The van der Waals surface area contributed by atoms with Crippen molar-refractivity contribution in [3.63, 3.8) is 0 Å². The molecule has 0 aromatic heterocycles. The number of carbonyl (C=O) groups excluding carboxylic acids is 1. The van der Waals surface area contributed by atoms with Gasteiger partial charge in [-0.1, -0.05) is 11.6 Å². The van der Waals surface area contributed by atoms with Crippen LogP contribution in [0.1, 0.15) is 55.6 Å². The number of carbonyl (C=O) groups is 1. The molecule has 0 fully saturated rings. The predicted octanol–water partition coefficient (Wildman–Crippen LogP) is 3.08. The third kappa shape index (κ3) is 2.80. The Morgan fingerprint density at radius 2 is 1.82 bits per heavy atom. The first-order valence-electron chi connectivity index (χ1n) is 10.8. The Hall–Kier alpha value is -3.23. The van der Waals surface area contributed by atoms with Gasteiger partial charge in [-0.15, -0.1) is 0 Å². The summed E-state index contributed by atoms with van der Waals surface area (Å²) >= 11 is 0. The smallest absolute Gasteiger partial charge is 0.318 e. The van der Waals surface area contributed by atoms with Gasteiger partial charge in [0, 0.05) is 36.1 Å². The van der Waals surface area contributed by atoms with Gasteiger partial charge in [-0.2, -0.15) is 0 Å². The highest BCUT2D eigenvalue weighted by molar-refractivity contribution is 6.09. The molecule has 174 valence electrons. The highest BCUT2D eigenvalue weighted by Crippen LogP contribution is 2.59. The zero-order valence-electron chi connectivity index (χ0n) is 18.8. The fraction of sp³-hybridized carbons (Fsp3) is 0.400. The van der Waals surface area contributed by atoms with Crippen LogP contribution in [0.5, 0.6) is 28.7 Å². The van der Waals surface area contributed by atoms with E-state index in [4.69, 9.17) is 14.2 Å². The molecule has 0 amide bonds. The number of fused-ring (bicyclic) bond motifs is 5. The second-order valence-corrected chi connectivity index (χ2v) is 9.67. The lowest BCUT2D eigenvalue weighted by molar-refractivity contribution is -0.201. The highest BCUT2D eigenvalue weighted by atomic mass is 16.7. The Morgan fingerprint density at radius 3 is 2.52 bits per heavy atom. The van der Waals surface area contributed by atoms with Crippen molar-refractivity contribution in [1.82, 2.24) is 0 Å². The van der Waals surface area contributed by atoms with Gasteiger partial charge >= 0.3 is 5.79 Å². The molecule has 5 rings (SSSR count). The number of benzene rings is 2. The molecule has 0 saturated carbocycles. The first kappa shape index (κ1) is 21.6. The second-order valence-electron chi connectivity index (χ2n) is 9.67. The van der Waals surface area contributed by atoms with Gasteiger partial charge < -0.3 is 34.6 Å². The number of aliphatic hydroxyl groups is 2. The van der Waals surface area contributed by atoms with Crippen LogP contribution in [0.15, 0.2) is 35.9 Å². The molecule has 3 heterocycles. The molecule has 33 heavy (non-hydrogen) atoms. The van der Waals surface area contributed by atoms with Crippen LogP contribution in [-0.4, -0.2) is 43.7 Å². The van der Waals surface area contributed by atoms with E-state index in [9.17, 15) is 25.2 Å². The molecule has 0 radical (unpaired) electrons. The van der Waals surface area contributed by atoms with Crippen molar-refractivity contribution >= 4 is 5.78 Å². The molecule has 4 N–H and O–H groups in total. The minimum Gasteiger partial charge on any atom is -0.508 e. The van der Waals surface area contributed by atoms with Gasteiger partial charge in [-0.25, -0.2) is 0 Å². The van der Waals surface area contributed by atoms with Gasteiger partial charge in [0.15, 0.2) is 0 Å². The van der Waals surface area contributed by atoms with E-state index in [-0.39, 0.29) is 41.2 Å². The SMILES string of the molecule is CC(C)=CC[C@]12Oc3cc4c(c(O)c3C(=O)[C@@]1(O)Oc1cc(O)ccc12)C[C@@H](O)C(C)(C)O4. The standard InChI is InChI=1S/C25H26O8/c1-12(2)7-8-24-15-6-5-13(26)9-17(15)33-25(24,30)22(29)20-18(32-24)11-16-14(21(20)28)10-19(27)23(3,4)31-16/h5-7,9,11,19,26-28,30H,8,10H2,1-4H3/t19-,24-,25-/m1/s1. The van der Waals surface area contributed by atoms with E-state index < -0.39 is 34.6 Å². The Balaban J connectivity index is 1.74. The van der Waals surface area contributed by atoms with Gasteiger partial charge in [0.1, 0.15) is 39.9 Å². The molecule has 0 saturated heterocycles. The summed E-state index contributed by atoms with van der Waals surface area (Å²) in [4.78, 5) is 13.7. The summed E-state index contributed by atoms with van der Waals surface area (Å²) in [6, 6.07) is 5.80. The van der Waals surface area contributed by atoms with Crippen molar-refractivity contribution < 1.29 is 39.4 Å². The Kier molecular flexibility index (Phi) is 4.35. The van der Waals surface area contributed by atoms with Crippen LogP contribution >= 0.6 is 0 Å².